The first-order valence-corrected chi connectivity index (χ1v) is 5.58. The predicted molar refractivity (Wildman–Crippen MR) is 61.8 cm³/mol. The van der Waals surface area contributed by atoms with Gasteiger partial charge in [-0.1, -0.05) is 6.07 Å². The molecule has 3 aromatic heterocycles. The Kier molecular flexibility index (Phi) is 1.96. The van der Waals surface area contributed by atoms with Gasteiger partial charge in [0.1, 0.15) is 0 Å². The minimum Gasteiger partial charge on any atom is -0.463 e. The highest BCUT2D eigenvalue weighted by Gasteiger charge is 2.10. The van der Waals surface area contributed by atoms with Gasteiger partial charge in [0.25, 0.3) is 0 Å². The number of aromatic nitrogens is 1. The zero-order valence-electron chi connectivity index (χ0n) is 7.94. The quantitative estimate of drug-likeness (QED) is 0.687. The van der Waals surface area contributed by atoms with Gasteiger partial charge in [-0.05, 0) is 29.6 Å². The summed E-state index contributed by atoms with van der Waals surface area (Å²) >= 11 is 1.73. The molecule has 0 fully saturated rings. The SMILES string of the molecule is c1coc(-c2[nH]ccc2-c2cccs2)c1. The van der Waals surface area contributed by atoms with Gasteiger partial charge in [-0.15, -0.1) is 11.3 Å². The number of thiophene rings is 1. The van der Waals surface area contributed by atoms with E-state index < -0.39 is 0 Å². The average molecular weight is 215 g/mol. The van der Waals surface area contributed by atoms with Crippen LogP contribution in [0.1, 0.15) is 0 Å². The standard InChI is InChI=1S/C12H9NOS/c1-3-10(14-7-1)12-9(5-6-13-12)11-4-2-8-15-11/h1-8,13H. The lowest BCUT2D eigenvalue weighted by atomic mass is 10.2. The van der Waals surface area contributed by atoms with E-state index in [1.807, 2.05) is 18.3 Å². The highest BCUT2D eigenvalue weighted by Crippen LogP contribution is 2.33. The van der Waals surface area contributed by atoms with Gasteiger partial charge < -0.3 is 9.40 Å². The highest BCUT2D eigenvalue weighted by atomic mass is 32.1. The van der Waals surface area contributed by atoms with Crippen molar-refractivity contribution in [2.75, 3.05) is 0 Å². The number of furan rings is 1. The molecule has 0 aliphatic heterocycles. The van der Waals surface area contributed by atoms with Gasteiger partial charge >= 0.3 is 0 Å². The smallest absolute Gasteiger partial charge is 0.150 e. The molecule has 0 atom stereocenters. The van der Waals surface area contributed by atoms with Crippen molar-refractivity contribution in [3.05, 3.63) is 48.2 Å². The molecule has 1 N–H and O–H groups in total. The monoisotopic (exact) mass is 215 g/mol. The molecular weight excluding hydrogens is 206 g/mol. The fourth-order valence-corrected chi connectivity index (χ4v) is 2.39. The Labute approximate surface area is 91.2 Å². The molecule has 2 nitrogen and oxygen atoms in total. The van der Waals surface area contributed by atoms with E-state index in [0.29, 0.717) is 0 Å². The van der Waals surface area contributed by atoms with Gasteiger partial charge in [0.2, 0.25) is 0 Å². The van der Waals surface area contributed by atoms with Crippen LogP contribution in [0.2, 0.25) is 0 Å². The summed E-state index contributed by atoms with van der Waals surface area (Å²) in [4.78, 5) is 4.46. The van der Waals surface area contributed by atoms with Gasteiger partial charge in [0, 0.05) is 16.6 Å². The Morgan fingerprint density at radius 1 is 1.13 bits per heavy atom. The van der Waals surface area contributed by atoms with Crippen molar-refractivity contribution in [2.24, 2.45) is 0 Å². The van der Waals surface area contributed by atoms with Gasteiger partial charge in [0.15, 0.2) is 5.76 Å². The van der Waals surface area contributed by atoms with Crippen LogP contribution in [0.25, 0.3) is 21.9 Å². The van der Waals surface area contributed by atoms with Crippen molar-refractivity contribution in [3.8, 4) is 21.9 Å². The van der Waals surface area contributed by atoms with Crippen LogP contribution < -0.4 is 0 Å². The molecule has 0 amide bonds. The van der Waals surface area contributed by atoms with E-state index in [1.54, 1.807) is 17.6 Å². The van der Waals surface area contributed by atoms with Crippen molar-refractivity contribution in [1.82, 2.24) is 4.98 Å². The fraction of sp³-hybridized carbons (Fsp3) is 0. The second-order valence-electron chi connectivity index (χ2n) is 3.22. The molecule has 0 saturated carbocycles. The summed E-state index contributed by atoms with van der Waals surface area (Å²) in [5, 5.41) is 2.08. The first-order valence-electron chi connectivity index (χ1n) is 4.70. The molecule has 15 heavy (non-hydrogen) atoms. The molecular formula is C12H9NOS. The third-order valence-electron chi connectivity index (χ3n) is 2.30. The van der Waals surface area contributed by atoms with Crippen LogP contribution in [0, 0.1) is 0 Å². The van der Waals surface area contributed by atoms with Crippen LogP contribution in [-0.4, -0.2) is 4.98 Å². The van der Waals surface area contributed by atoms with Crippen LogP contribution in [0.4, 0.5) is 0 Å². The Bertz CT molecular complexity index is 485. The topological polar surface area (TPSA) is 28.9 Å². The largest absolute Gasteiger partial charge is 0.463 e. The third-order valence-corrected chi connectivity index (χ3v) is 3.20. The van der Waals surface area contributed by atoms with E-state index in [4.69, 9.17) is 4.42 Å². The molecule has 0 unspecified atom stereocenters. The lowest BCUT2D eigenvalue weighted by Gasteiger charge is -1.97. The van der Waals surface area contributed by atoms with E-state index >= 15 is 0 Å². The number of hydrogen-bond acceptors (Lipinski definition) is 2. The van der Waals surface area contributed by atoms with E-state index in [0.717, 1.165) is 11.5 Å². The van der Waals surface area contributed by atoms with Crippen molar-refractivity contribution in [3.63, 3.8) is 0 Å². The Morgan fingerprint density at radius 2 is 2.13 bits per heavy atom. The molecule has 3 rings (SSSR count). The number of H-pyrrole nitrogens is 1. The Balaban J connectivity index is 2.15. The zero-order valence-corrected chi connectivity index (χ0v) is 8.75. The summed E-state index contributed by atoms with van der Waals surface area (Å²) in [6.45, 7) is 0. The third kappa shape index (κ3) is 1.41. The number of rotatable bonds is 2. The second kappa shape index (κ2) is 3.44. The first-order chi connectivity index (χ1) is 7.45. The highest BCUT2D eigenvalue weighted by molar-refractivity contribution is 7.13. The molecule has 3 aromatic rings. The number of aromatic amines is 1. The maximum atomic E-state index is 5.39. The lowest BCUT2D eigenvalue weighted by Crippen LogP contribution is -1.76. The first kappa shape index (κ1) is 8.56. The molecule has 74 valence electrons. The Hall–Kier alpha value is -1.74. The van der Waals surface area contributed by atoms with Gasteiger partial charge in [-0.25, -0.2) is 0 Å². The van der Waals surface area contributed by atoms with Crippen LogP contribution in [-0.2, 0) is 0 Å². The van der Waals surface area contributed by atoms with E-state index in [2.05, 4.69) is 28.6 Å². The molecule has 0 saturated heterocycles. The maximum Gasteiger partial charge on any atom is 0.150 e. The summed E-state index contributed by atoms with van der Waals surface area (Å²) in [5.74, 6) is 0.878. The molecule has 0 aliphatic rings. The van der Waals surface area contributed by atoms with Crippen molar-refractivity contribution in [1.29, 1.82) is 0 Å². The van der Waals surface area contributed by atoms with Gasteiger partial charge in [-0.3, -0.25) is 0 Å². The molecule has 0 bridgehead atoms. The maximum absolute atomic E-state index is 5.39. The number of nitrogens with one attached hydrogen (secondary N) is 1. The average Bonchev–Trinajstić information content (AvgIpc) is 3.01. The molecule has 0 aliphatic carbocycles. The summed E-state index contributed by atoms with van der Waals surface area (Å²) in [5.41, 5.74) is 2.24. The van der Waals surface area contributed by atoms with Crippen LogP contribution in [0.3, 0.4) is 0 Å². The summed E-state index contributed by atoms with van der Waals surface area (Å²) in [6, 6.07) is 10.1. The minimum atomic E-state index is 0.878. The van der Waals surface area contributed by atoms with Crippen LogP contribution in [0.5, 0.6) is 0 Å². The van der Waals surface area contributed by atoms with Crippen LogP contribution in [0.15, 0.2) is 52.6 Å². The molecule has 0 spiro atoms. The van der Waals surface area contributed by atoms with E-state index in [-0.39, 0.29) is 0 Å². The second-order valence-corrected chi connectivity index (χ2v) is 4.17. The summed E-state index contributed by atoms with van der Waals surface area (Å²) < 4.78 is 5.39. The molecule has 3 heterocycles. The molecule has 0 aromatic carbocycles. The van der Waals surface area contributed by atoms with E-state index in [1.165, 1.54) is 10.4 Å². The molecule has 3 heteroatoms. The van der Waals surface area contributed by atoms with Crippen molar-refractivity contribution >= 4 is 11.3 Å². The normalized spacial score (nSPS) is 10.7. The minimum absolute atomic E-state index is 0.878. The Morgan fingerprint density at radius 3 is 2.87 bits per heavy atom. The van der Waals surface area contributed by atoms with Crippen molar-refractivity contribution < 1.29 is 4.42 Å². The number of hydrogen-bond donors (Lipinski definition) is 1. The van der Waals surface area contributed by atoms with E-state index in [9.17, 15) is 0 Å². The molecule has 0 radical (unpaired) electrons. The fourth-order valence-electron chi connectivity index (χ4n) is 1.63. The van der Waals surface area contributed by atoms with Crippen LogP contribution >= 0.6 is 11.3 Å². The van der Waals surface area contributed by atoms with Gasteiger partial charge in [-0.2, -0.15) is 0 Å². The van der Waals surface area contributed by atoms with Gasteiger partial charge in [0.05, 0.1) is 12.0 Å². The summed E-state index contributed by atoms with van der Waals surface area (Å²) in [6.07, 6.45) is 3.63. The summed E-state index contributed by atoms with van der Waals surface area (Å²) in [7, 11) is 0. The predicted octanol–water partition coefficient (Wildman–Crippen LogP) is 4.00. The lowest BCUT2D eigenvalue weighted by molar-refractivity contribution is 0.580. The zero-order chi connectivity index (χ0) is 10.1. The van der Waals surface area contributed by atoms with Crippen molar-refractivity contribution in [2.45, 2.75) is 0 Å².